The molecule has 0 aromatic carbocycles. The Morgan fingerprint density at radius 2 is 1.53 bits per heavy atom. The number of aliphatic hydroxyl groups is 3. The lowest BCUT2D eigenvalue weighted by molar-refractivity contribution is -0.0489. The Morgan fingerprint density at radius 1 is 1.06 bits per heavy atom. The van der Waals surface area contributed by atoms with Gasteiger partial charge in [0.2, 0.25) is 0 Å². The van der Waals surface area contributed by atoms with Crippen molar-refractivity contribution in [2.75, 3.05) is 6.61 Å². The van der Waals surface area contributed by atoms with E-state index >= 15 is 0 Å². The van der Waals surface area contributed by atoms with Crippen LogP contribution in [0.1, 0.15) is 59.8 Å². The minimum atomic E-state index is -0.826. The summed E-state index contributed by atoms with van der Waals surface area (Å²) in [7, 11) is 0. The summed E-state index contributed by atoms with van der Waals surface area (Å²) in [5, 5.41) is 28.9. The highest BCUT2D eigenvalue weighted by Gasteiger charge is 2.31. The molecule has 3 heteroatoms. The number of hydrogen-bond acceptors (Lipinski definition) is 3. The molecule has 0 radical (unpaired) electrons. The van der Waals surface area contributed by atoms with Gasteiger partial charge in [-0.25, -0.2) is 0 Å². The van der Waals surface area contributed by atoms with Gasteiger partial charge in [0.05, 0.1) is 12.2 Å². The van der Waals surface area contributed by atoms with E-state index in [0.717, 1.165) is 25.7 Å². The quantitative estimate of drug-likeness (QED) is 0.585. The van der Waals surface area contributed by atoms with Gasteiger partial charge in [0.25, 0.3) is 0 Å². The highest BCUT2D eigenvalue weighted by atomic mass is 16.3. The molecule has 0 aliphatic heterocycles. The molecule has 0 heterocycles. The largest absolute Gasteiger partial charge is 0.396 e. The van der Waals surface area contributed by atoms with Gasteiger partial charge in [0.1, 0.15) is 0 Å². The zero-order chi connectivity index (χ0) is 13.5. The van der Waals surface area contributed by atoms with E-state index in [9.17, 15) is 10.2 Å². The zero-order valence-electron chi connectivity index (χ0n) is 11.8. The average Bonchev–Trinajstić information content (AvgIpc) is 2.27. The fourth-order valence-corrected chi connectivity index (χ4v) is 2.65. The molecule has 0 aromatic heterocycles. The summed E-state index contributed by atoms with van der Waals surface area (Å²) < 4.78 is 0. The van der Waals surface area contributed by atoms with Crippen molar-refractivity contribution in [1.29, 1.82) is 0 Å². The van der Waals surface area contributed by atoms with Gasteiger partial charge in [-0.2, -0.15) is 0 Å². The molecule has 104 valence electrons. The summed E-state index contributed by atoms with van der Waals surface area (Å²) in [6, 6.07) is 0. The Labute approximate surface area is 106 Å². The summed E-state index contributed by atoms with van der Waals surface area (Å²) in [6.07, 6.45) is 3.37. The van der Waals surface area contributed by atoms with E-state index in [0.29, 0.717) is 6.42 Å². The Hall–Kier alpha value is -0.120. The first kappa shape index (κ1) is 16.9. The molecule has 3 atom stereocenters. The minimum absolute atomic E-state index is 0.0868. The van der Waals surface area contributed by atoms with Gasteiger partial charge >= 0.3 is 0 Å². The van der Waals surface area contributed by atoms with Crippen LogP contribution >= 0.6 is 0 Å². The van der Waals surface area contributed by atoms with E-state index in [-0.39, 0.29) is 17.9 Å². The van der Waals surface area contributed by atoms with Crippen LogP contribution in [0.3, 0.4) is 0 Å². The maximum Gasteiger partial charge on any atom is 0.0846 e. The summed E-state index contributed by atoms with van der Waals surface area (Å²) in [4.78, 5) is 0. The molecule has 0 spiro atoms. The number of hydrogen-bond donors (Lipinski definition) is 3. The summed E-state index contributed by atoms with van der Waals surface area (Å²) in [5.41, 5.74) is 0.0963. The van der Waals surface area contributed by atoms with Gasteiger partial charge in [-0.3, -0.25) is 0 Å². The molecule has 0 saturated heterocycles. The van der Waals surface area contributed by atoms with Gasteiger partial charge in [0.15, 0.2) is 0 Å². The third kappa shape index (κ3) is 5.84. The first-order chi connectivity index (χ1) is 7.90. The molecule has 3 nitrogen and oxygen atoms in total. The van der Waals surface area contributed by atoms with E-state index in [1.807, 2.05) is 0 Å². The first-order valence-electron chi connectivity index (χ1n) is 6.87. The highest BCUT2D eigenvalue weighted by molar-refractivity contribution is 4.82. The van der Waals surface area contributed by atoms with Crippen LogP contribution in [0.25, 0.3) is 0 Å². The molecule has 0 aromatic rings. The van der Waals surface area contributed by atoms with E-state index in [1.165, 1.54) is 0 Å². The summed E-state index contributed by atoms with van der Waals surface area (Å²) >= 11 is 0. The standard InChI is InChI=1S/C14H30O3/c1-5-7-14(4,8-6-2)9-12(16)13(17)11(3)10-15/h11-13,15-17H,5-10H2,1-4H3/t11-,12+,13+/m1/s1. The maximum absolute atomic E-state index is 10.0. The van der Waals surface area contributed by atoms with Crippen molar-refractivity contribution in [2.45, 2.75) is 72.0 Å². The van der Waals surface area contributed by atoms with Gasteiger partial charge in [-0.1, -0.05) is 40.5 Å². The predicted molar refractivity (Wildman–Crippen MR) is 70.8 cm³/mol. The smallest absolute Gasteiger partial charge is 0.0846 e. The second kappa shape index (κ2) is 8.06. The van der Waals surface area contributed by atoms with E-state index in [4.69, 9.17) is 5.11 Å². The number of rotatable bonds is 9. The van der Waals surface area contributed by atoms with Crippen molar-refractivity contribution in [2.24, 2.45) is 11.3 Å². The van der Waals surface area contributed by atoms with Crippen molar-refractivity contribution >= 4 is 0 Å². The van der Waals surface area contributed by atoms with Crippen LogP contribution in [0.2, 0.25) is 0 Å². The molecule has 3 N–H and O–H groups in total. The van der Waals surface area contributed by atoms with E-state index in [2.05, 4.69) is 20.8 Å². The molecule has 0 saturated carbocycles. The number of aliphatic hydroxyl groups excluding tert-OH is 3. The van der Waals surface area contributed by atoms with Gasteiger partial charge in [-0.05, 0) is 24.7 Å². The minimum Gasteiger partial charge on any atom is -0.396 e. The van der Waals surface area contributed by atoms with Crippen LogP contribution < -0.4 is 0 Å². The second-order valence-corrected chi connectivity index (χ2v) is 5.73. The van der Waals surface area contributed by atoms with Crippen molar-refractivity contribution in [1.82, 2.24) is 0 Å². The topological polar surface area (TPSA) is 60.7 Å². The van der Waals surface area contributed by atoms with Crippen molar-refractivity contribution in [3.8, 4) is 0 Å². The van der Waals surface area contributed by atoms with Crippen molar-refractivity contribution in [3.63, 3.8) is 0 Å². The molecule has 0 aliphatic carbocycles. The fraction of sp³-hybridized carbons (Fsp3) is 1.00. The normalized spacial score (nSPS) is 17.8. The molecule has 0 bridgehead atoms. The summed E-state index contributed by atoms with van der Waals surface area (Å²) in [6.45, 7) is 8.14. The highest BCUT2D eigenvalue weighted by Crippen LogP contribution is 2.35. The molecular formula is C14H30O3. The van der Waals surface area contributed by atoms with Crippen molar-refractivity contribution < 1.29 is 15.3 Å². The fourth-order valence-electron chi connectivity index (χ4n) is 2.65. The first-order valence-corrected chi connectivity index (χ1v) is 6.87. The Kier molecular flexibility index (Phi) is 8.01. The molecule has 17 heavy (non-hydrogen) atoms. The lowest BCUT2D eigenvalue weighted by atomic mass is 9.75. The molecule has 0 rings (SSSR count). The molecule has 0 fully saturated rings. The summed E-state index contributed by atoms with van der Waals surface area (Å²) in [5.74, 6) is -0.266. The lowest BCUT2D eigenvalue weighted by Crippen LogP contribution is -2.37. The molecule has 0 unspecified atom stereocenters. The predicted octanol–water partition coefficient (Wildman–Crippen LogP) is 2.33. The van der Waals surface area contributed by atoms with Crippen LogP contribution in [0.15, 0.2) is 0 Å². The van der Waals surface area contributed by atoms with Crippen molar-refractivity contribution in [3.05, 3.63) is 0 Å². The van der Waals surface area contributed by atoms with Gasteiger partial charge in [-0.15, -0.1) is 0 Å². The Morgan fingerprint density at radius 3 is 1.88 bits per heavy atom. The van der Waals surface area contributed by atoms with E-state index < -0.39 is 12.2 Å². The van der Waals surface area contributed by atoms with Crippen LogP contribution in [-0.4, -0.2) is 34.1 Å². The van der Waals surface area contributed by atoms with Gasteiger partial charge in [0, 0.05) is 12.5 Å². The SMILES string of the molecule is CCCC(C)(CCC)C[C@H](O)[C@@H](O)[C@H](C)CO. The van der Waals surface area contributed by atoms with Crippen LogP contribution in [-0.2, 0) is 0 Å². The zero-order valence-corrected chi connectivity index (χ0v) is 11.8. The lowest BCUT2D eigenvalue weighted by Gasteiger charge is -2.34. The van der Waals surface area contributed by atoms with Gasteiger partial charge < -0.3 is 15.3 Å². The Bertz CT molecular complexity index is 188. The third-order valence-corrected chi connectivity index (χ3v) is 3.67. The van der Waals surface area contributed by atoms with Crippen LogP contribution in [0, 0.1) is 11.3 Å². The third-order valence-electron chi connectivity index (χ3n) is 3.67. The molecule has 0 aliphatic rings. The molecular weight excluding hydrogens is 216 g/mol. The monoisotopic (exact) mass is 246 g/mol. The molecule has 0 amide bonds. The average molecular weight is 246 g/mol. The van der Waals surface area contributed by atoms with E-state index in [1.54, 1.807) is 6.92 Å². The maximum atomic E-state index is 10.0. The van der Waals surface area contributed by atoms with Crippen LogP contribution in [0.5, 0.6) is 0 Å². The second-order valence-electron chi connectivity index (χ2n) is 5.73. The van der Waals surface area contributed by atoms with Crippen LogP contribution in [0.4, 0.5) is 0 Å². The Balaban J connectivity index is 4.43.